The van der Waals surface area contributed by atoms with Crippen molar-refractivity contribution in [3.05, 3.63) is 29.6 Å². The lowest BCUT2D eigenvalue weighted by Crippen LogP contribution is -2.42. The maximum absolute atomic E-state index is 13.4. The Balaban J connectivity index is 0.00000288. The summed E-state index contributed by atoms with van der Waals surface area (Å²) in [6, 6.07) is 4.83. The van der Waals surface area contributed by atoms with E-state index in [2.05, 4.69) is 22.5 Å². The molecule has 2 rings (SSSR count). The van der Waals surface area contributed by atoms with Gasteiger partial charge in [0.25, 0.3) is 0 Å². The Morgan fingerprint density at radius 3 is 2.83 bits per heavy atom. The lowest BCUT2D eigenvalue weighted by atomic mass is 10.2. The van der Waals surface area contributed by atoms with Gasteiger partial charge >= 0.3 is 0 Å². The standard InChI is InChI=1S/C17H26FN3OS.HI/c1-3-19-17(21-13-6-7-14(10-13)23-4-2)20-11-12-5-8-16(22)15(18)9-12;/h5,8-9,13-14,22H,3-4,6-7,10-11H2,1-2H3,(H2,19,20,21);1H. The van der Waals surface area contributed by atoms with Gasteiger partial charge in [0.2, 0.25) is 0 Å². The van der Waals surface area contributed by atoms with Gasteiger partial charge < -0.3 is 15.7 Å². The van der Waals surface area contributed by atoms with Crippen LogP contribution >= 0.6 is 35.7 Å². The first kappa shape index (κ1) is 21.3. The van der Waals surface area contributed by atoms with Crippen LogP contribution < -0.4 is 10.6 Å². The molecule has 0 saturated heterocycles. The van der Waals surface area contributed by atoms with Crippen molar-refractivity contribution in [3.8, 4) is 5.75 Å². The minimum Gasteiger partial charge on any atom is -0.505 e. The van der Waals surface area contributed by atoms with Gasteiger partial charge in [-0.05, 0) is 49.6 Å². The minimum atomic E-state index is -0.606. The molecule has 0 spiro atoms. The second-order valence-corrected chi connectivity index (χ2v) is 7.29. The fourth-order valence-electron chi connectivity index (χ4n) is 2.79. The maximum Gasteiger partial charge on any atom is 0.191 e. The van der Waals surface area contributed by atoms with Crippen molar-refractivity contribution < 1.29 is 9.50 Å². The third-order valence-corrected chi connectivity index (χ3v) is 5.14. The summed E-state index contributed by atoms with van der Waals surface area (Å²) in [5, 5.41) is 16.7. The fraction of sp³-hybridized carbons (Fsp3) is 0.588. The molecule has 1 aliphatic carbocycles. The number of halogens is 2. The number of aliphatic imine (C=N–C) groups is 1. The van der Waals surface area contributed by atoms with Crippen LogP contribution in [0.15, 0.2) is 23.2 Å². The first-order chi connectivity index (χ1) is 11.1. The van der Waals surface area contributed by atoms with E-state index in [9.17, 15) is 9.50 Å². The molecule has 1 aliphatic rings. The summed E-state index contributed by atoms with van der Waals surface area (Å²) < 4.78 is 13.4. The van der Waals surface area contributed by atoms with E-state index in [1.165, 1.54) is 18.6 Å². The van der Waals surface area contributed by atoms with Crippen molar-refractivity contribution in [2.24, 2.45) is 4.99 Å². The summed E-state index contributed by atoms with van der Waals surface area (Å²) in [6.07, 6.45) is 3.57. The highest BCUT2D eigenvalue weighted by Gasteiger charge is 2.25. The monoisotopic (exact) mass is 467 g/mol. The second kappa shape index (κ2) is 11.0. The molecule has 3 N–H and O–H groups in total. The van der Waals surface area contributed by atoms with Crippen molar-refractivity contribution in [3.63, 3.8) is 0 Å². The molecule has 2 unspecified atom stereocenters. The molecule has 0 amide bonds. The average Bonchev–Trinajstić information content (AvgIpc) is 2.96. The average molecular weight is 467 g/mol. The Kier molecular flexibility index (Phi) is 9.80. The zero-order chi connectivity index (χ0) is 16.7. The van der Waals surface area contributed by atoms with E-state index in [0.717, 1.165) is 41.9 Å². The molecule has 1 fully saturated rings. The number of nitrogens with zero attached hydrogens (tertiary/aromatic N) is 1. The van der Waals surface area contributed by atoms with Crippen LogP contribution in [-0.2, 0) is 6.54 Å². The fourth-order valence-corrected chi connectivity index (χ4v) is 3.93. The first-order valence-electron chi connectivity index (χ1n) is 8.26. The lowest BCUT2D eigenvalue weighted by molar-refractivity contribution is 0.432. The van der Waals surface area contributed by atoms with Crippen LogP contribution in [0.3, 0.4) is 0 Å². The Hall–Kier alpha value is -0.700. The molecular formula is C17H27FIN3OS. The molecule has 0 heterocycles. The molecule has 0 aromatic heterocycles. The van der Waals surface area contributed by atoms with Crippen LogP contribution in [0.4, 0.5) is 4.39 Å². The van der Waals surface area contributed by atoms with E-state index in [1.807, 2.05) is 18.7 Å². The summed E-state index contributed by atoms with van der Waals surface area (Å²) in [4.78, 5) is 4.53. The van der Waals surface area contributed by atoms with Crippen molar-refractivity contribution in [1.82, 2.24) is 10.6 Å². The van der Waals surface area contributed by atoms with E-state index < -0.39 is 5.82 Å². The number of phenols is 1. The number of hydrogen-bond donors (Lipinski definition) is 3. The van der Waals surface area contributed by atoms with E-state index in [1.54, 1.807) is 6.07 Å². The summed E-state index contributed by atoms with van der Waals surface area (Å²) in [7, 11) is 0. The zero-order valence-electron chi connectivity index (χ0n) is 14.2. The molecular weight excluding hydrogens is 440 g/mol. The molecule has 0 aliphatic heterocycles. The predicted octanol–water partition coefficient (Wildman–Crippen LogP) is 3.88. The molecule has 0 radical (unpaired) electrons. The van der Waals surface area contributed by atoms with Gasteiger partial charge in [0.15, 0.2) is 17.5 Å². The summed E-state index contributed by atoms with van der Waals surface area (Å²) in [5.74, 6) is 1.00. The van der Waals surface area contributed by atoms with Crippen LogP contribution in [-0.4, -0.2) is 34.7 Å². The van der Waals surface area contributed by atoms with Gasteiger partial charge in [0.05, 0.1) is 6.54 Å². The highest BCUT2D eigenvalue weighted by atomic mass is 127. The number of guanidine groups is 1. The predicted molar refractivity (Wildman–Crippen MR) is 111 cm³/mol. The van der Waals surface area contributed by atoms with Crippen LogP contribution in [0.25, 0.3) is 0 Å². The van der Waals surface area contributed by atoms with E-state index >= 15 is 0 Å². The molecule has 24 heavy (non-hydrogen) atoms. The minimum absolute atomic E-state index is 0. The highest BCUT2D eigenvalue weighted by Crippen LogP contribution is 2.29. The molecule has 1 aromatic rings. The smallest absolute Gasteiger partial charge is 0.191 e. The maximum atomic E-state index is 13.4. The van der Waals surface area contributed by atoms with Crippen LogP contribution in [0.5, 0.6) is 5.75 Å². The van der Waals surface area contributed by atoms with Crippen LogP contribution in [0.2, 0.25) is 0 Å². The van der Waals surface area contributed by atoms with E-state index in [4.69, 9.17) is 0 Å². The Morgan fingerprint density at radius 1 is 1.38 bits per heavy atom. The largest absolute Gasteiger partial charge is 0.505 e. The quantitative estimate of drug-likeness (QED) is 0.338. The summed E-state index contributed by atoms with van der Waals surface area (Å²) in [5.41, 5.74) is 0.739. The van der Waals surface area contributed by atoms with Gasteiger partial charge in [-0.3, -0.25) is 0 Å². The second-order valence-electron chi connectivity index (χ2n) is 5.71. The normalized spacial score (nSPS) is 20.5. The molecule has 7 heteroatoms. The zero-order valence-corrected chi connectivity index (χ0v) is 17.4. The topological polar surface area (TPSA) is 56.7 Å². The molecule has 136 valence electrons. The molecule has 2 atom stereocenters. The number of phenolic OH excluding ortho intramolecular Hbond substituents is 1. The highest BCUT2D eigenvalue weighted by molar-refractivity contribution is 14.0. The number of rotatable bonds is 6. The third kappa shape index (κ3) is 6.66. The summed E-state index contributed by atoms with van der Waals surface area (Å²) in [6.45, 7) is 5.40. The molecule has 1 aromatic carbocycles. The van der Waals surface area contributed by atoms with Crippen molar-refractivity contribution in [2.45, 2.75) is 50.9 Å². The number of aromatic hydroxyl groups is 1. The third-order valence-electron chi connectivity index (χ3n) is 3.90. The molecule has 0 bridgehead atoms. The molecule has 1 saturated carbocycles. The number of benzene rings is 1. The van der Waals surface area contributed by atoms with Gasteiger partial charge in [-0.15, -0.1) is 24.0 Å². The molecule has 4 nitrogen and oxygen atoms in total. The van der Waals surface area contributed by atoms with Gasteiger partial charge in [-0.2, -0.15) is 11.8 Å². The van der Waals surface area contributed by atoms with E-state index in [0.29, 0.717) is 12.6 Å². The van der Waals surface area contributed by atoms with Crippen LogP contribution in [0.1, 0.15) is 38.7 Å². The Bertz CT molecular complexity index is 545. The van der Waals surface area contributed by atoms with Crippen molar-refractivity contribution >= 4 is 41.7 Å². The summed E-state index contributed by atoms with van der Waals surface area (Å²) >= 11 is 2.03. The Labute approximate surface area is 165 Å². The van der Waals surface area contributed by atoms with Crippen LogP contribution in [0, 0.1) is 5.82 Å². The SMILES string of the molecule is CCNC(=NCc1ccc(O)c(F)c1)NC1CCC(SCC)C1.I. The first-order valence-corrected chi connectivity index (χ1v) is 9.31. The number of hydrogen-bond acceptors (Lipinski definition) is 3. The van der Waals surface area contributed by atoms with Crippen molar-refractivity contribution in [2.75, 3.05) is 12.3 Å². The van der Waals surface area contributed by atoms with Crippen molar-refractivity contribution in [1.29, 1.82) is 0 Å². The van der Waals surface area contributed by atoms with Gasteiger partial charge in [-0.25, -0.2) is 9.38 Å². The van der Waals surface area contributed by atoms with Gasteiger partial charge in [0.1, 0.15) is 0 Å². The number of nitrogens with one attached hydrogen (secondary N) is 2. The Morgan fingerprint density at radius 2 is 2.17 bits per heavy atom. The lowest BCUT2D eigenvalue weighted by Gasteiger charge is -2.17. The van der Waals surface area contributed by atoms with Gasteiger partial charge in [0, 0.05) is 17.8 Å². The number of thioether (sulfide) groups is 1. The van der Waals surface area contributed by atoms with E-state index in [-0.39, 0.29) is 29.7 Å². The van der Waals surface area contributed by atoms with Gasteiger partial charge in [-0.1, -0.05) is 13.0 Å².